The normalized spacial score (nSPS) is 10.5. The molecular weight excluding hydrogens is 254 g/mol. The van der Waals surface area contributed by atoms with E-state index < -0.39 is 0 Å². The molecule has 2 N–H and O–H groups in total. The number of hydrogen-bond donors (Lipinski definition) is 1. The molecule has 1 aromatic heterocycles. The highest BCUT2D eigenvalue weighted by molar-refractivity contribution is 9.10. The summed E-state index contributed by atoms with van der Waals surface area (Å²) in [7, 11) is 0. The van der Waals surface area contributed by atoms with Crippen LogP contribution in [-0.2, 0) is 6.54 Å². The molecule has 0 bridgehead atoms. The molecule has 78 valence electrons. The van der Waals surface area contributed by atoms with Crippen LogP contribution in [0.25, 0.3) is 0 Å². The number of nitrogen functional groups attached to an aromatic ring is 1. The summed E-state index contributed by atoms with van der Waals surface area (Å²) in [5.41, 5.74) is 8.18. The fourth-order valence-electron chi connectivity index (χ4n) is 1.46. The van der Waals surface area contributed by atoms with Crippen LogP contribution in [0.4, 0.5) is 5.82 Å². The first-order valence-electron chi connectivity index (χ1n) is 4.70. The molecule has 0 aliphatic carbocycles. The van der Waals surface area contributed by atoms with Crippen molar-refractivity contribution in [3.05, 3.63) is 46.1 Å². The first-order valence-corrected chi connectivity index (χ1v) is 5.49. The number of nitrogens with two attached hydrogens (primary N) is 1. The molecule has 0 saturated carbocycles. The Hall–Kier alpha value is -1.29. The van der Waals surface area contributed by atoms with Gasteiger partial charge in [-0.05, 0) is 34.0 Å². The molecule has 0 atom stereocenters. The minimum absolute atomic E-state index is 0.531. The van der Waals surface area contributed by atoms with Gasteiger partial charge in [0, 0.05) is 6.20 Å². The fourth-order valence-corrected chi connectivity index (χ4v) is 1.77. The van der Waals surface area contributed by atoms with E-state index in [1.54, 1.807) is 0 Å². The molecule has 0 radical (unpaired) electrons. The third kappa shape index (κ3) is 2.21. The van der Waals surface area contributed by atoms with Crippen LogP contribution in [0.2, 0.25) is 0 Å². The van der Waals surface area contributed by atoms with Crippen molar-refractivity contribution in [1.82, 2.24) is 9.78 Å². The van der Waals surface area contributed by atoms with Gasteiger partial charge >= 0.3 is 0 Å². The predicted molar refractivity (Wildman–Crippen MR) is 64.6 cm³/mol. The summed E-state index contributed by atoms with van der Waals surface area (Å²) < 4.78 is 2.68. The monoisotopic (exact) mass is 265 g/mol. The maximum Gasteiger partial charge on any atom is 0.159 e. The van der Waals surface area contributed by atoms with Gasteiger partial charge < -0.3 is 5.73 Å². The molecule has 0 unspecified atom stereocenters. The molecule has 0 amide bonds. The van der Waals surface area contributed by atoms with Gasteiger partial charge in [-0.1, -0.05) is 24.3 Å². The second-order valence-corrected chi connectivity index (χ2v) is 4.34. The summed E-state index contributed by atoms with van der Waals surface area (Å²) in [6.45, 7) is 2.85. The summed E-state index contributed by atoms with van der Waals surface area (Å²) in [5, 5.41) is 4.19. The quantitative estimate of drug-likeness (QED) is 0.907. The number of anilines is 1. The van der Waals surface area contributed by atoms with Crippen LogP contribution in [0.15, 0.2) is 34.9 Å². The van der Waals surface area contributed by atoms with Gasteiger partial charge in [0.1, 0.15) is 0 Å². The zero-order chi connectivity index (χ0) is 10.8. The second kappa shape index (κ2) is 4.06. The third-order valence-electron chi connectivity index (χ3n) is 2.34. The van der Waals surface area contributed by atoms with Crippen LogP contribution in [-0.4, -0.2) is 9.78 Å². The Morgan fingerprint density at radius 3 is 2.73 bits per heavy atom. The summed E-state index contributed by atoms with van der Waals surface area (Å²) in [6, 6.07) is 8.26. The van der Waals surface area contributed by atoms with Gasteiger partial charge in [0.05, 0.1) is 11.0 Å². The summed E-state index contributed by atoms with van der Waals surface area (Å²) >= 11 is 3.34. The van der Waals surface area contributed by atoms with Crippen LogP contribution in [0.3, 0.4) is 0 Å². The summed E-state index contributed by atoms with van der Waals surface area (Å²) in [6.07, 6.45) is 1.89. The van der Waals surface area contributed by atoms with Crippen molar-refractivity contribution in [1.29, 1.82) is 0 Å². The van der Waals surface area contributed by atoms with E-state index in [2.05, 4.69) is 40.1 Å². The van der Waals surface area contributed by atoms with E-state index in [4.69, 9.17) is 5.73 Å². The van der Waals surface area contributed by atoms with Gasteiger partial charge in [-0.15, -0.1) is 0 Å². The van der Waals surface area contributed by atoms with Crippen LogP contribution in [0.5, 0.6) is 0 Å². The van der Waals surface area contributed by atoms with Gasteiger partial charge in [-0.25, -0.2) is 0 Å². The van der Waals surface area contributed by atoms with Gasteiger partial charge in [-0.3, -0.25) is 4.68 Å². The minimum atomic E-state index is 0.531. The SMILES string of the molecule is Cc1ccccc1Cn1cc(Br)c(N)n1. The number of rotatable bonds is 2. The van der Waals surface area contributed by atoms with E-state index in [1.807, 2.05) is 23.0 Å². The lowest BCUT2D eigenvalue weighted by Crippen LogP contribution is -2.02. The van der Waals surface area contributed by atoms with Crippen molar-refractivity contribution in [2.45, 2.75) is 13.5 Å². The van der Waals surface area contributed by atoms with Crippen LogP contribution in [0, 0.1) is 6.92 Å². The number of hydrogen-bond acceptors (Lipinski definition) is 2. The van der Waals surface area contributed by atoms with E-state index in [1.165, 1.54) is 11.1 Å². The molecule has 0 saturated heterocycles. The number of nitrogens with zero attached hydrogens (tertiary/aromatic N) is 2. The zero-order valence-electron chi connectivity index (χ0n) is 8.44. The Bertz CT molecular complexity index is 457. The standard InChI is InChI=1S/C11H12BrN3/c1-8-4-2-3-5-9(8)6-15-7-10(12)11(13)14-15/h2-5,7H,6H2,1H3,(H2,13,14). The molecule has 0 aliphatic rings. The van der Waals surface area contributed by atoms with Gasteiger partial charge in [0.2, 0.25) is 0 Å². The Kier molecular flexibility index (Phi) is 2.77. The summed E-state index contributed by atoms with van der Waals surface area (Å²) in [4.78, 5) is 0. The van der Waals surface area contributed by atoms with E-state index in [0.29, 0.717) is 5.82 Å². The van der Waals surface area contributed by atoms with Gasteiger partial charge in [0.25, 0.3) is 0 Å². The van der Waals surface area contributed by atoms with Crippen molar-refractivity contribution in [3.63, 3.8) is 0 Å². The minimum Gasteiger partial charge on any atom is -0.381 e. The molecule has 0 fully saturated rings. The van der Waals surface area contributed by atoms with Crippen LogP contribution in [0.1, 0.15) is 11.1 Å². The van der Waals surface area contributed by atoms with Crippen molar-refractivity contribution in [2.24, 2.45) is 0 Å². The average molecular weight is 266 g/mol. The lowest BCUT2D eigenvalue weighted by Gasteiger charge is -2.04. The van der Waals surface area contributed by atoms with E-state index in [9.17, 15) is 0 Å². The van der Waals surface area contributed by atoms with Crippen molar-refractivity contribution < 1.29 is 0 Å². The van der Waals surface area contributed by atoms with Crippen molar-refractivity contribution in [3.8, 4) is 0 Å². The molecule has 3 nitrogen and oxygen atoms in total. The molecular formula is C11H12BrN3. The lowest BCUT2D eigenvalue weighted by molar-refractivity contribution is 0.687. The number of benzene rings is 1. The Morgan fingerprint density at radius 1 is 1.40 bits per heavy atom. The second-order valence-electron chi connectivity index (χ2n) is 3.49. The Morgan fingerprint density at radius 2 is 2.13 bits per heavy atom. The van der Waals surface area contributed by atoms with Crippen LogP contribution >= 0.6 is 15.9 Å². The first-order chi connectivity index (χ1) is 7.16. The van der Waals surface area contributed by atoms with Crippen molar-refractivity contribution in [2.75, 3.05) is 5.73 Å². The number of halogens is 1. The topological polar surface area (TPSA) is 43.8 Å². The molecule has 1 aromatic carbocycles. The maximum absolute atomic E-state index is 5.65. The highest BCUT2D eigenvalue weighted by atomic mass is 79.9. The summed E-state index contributed by atoms with van der Waals surface area (Å²) in [5.74, 6) is 0.531. The molecule has 2 rings (SSSR count). The maximum atomic E-state index is 5.65. The van der Waals surface area contributed by atoms with Crippen molar-refractivity contribution >= 4 is 21.7 Å². The average Bonchev–Trinajstić information content (AvgIpc) is 2.50. The largest absolute Gasteiger partial charge is 0.381 e. The van der Waals surface area contributed by atoms with E-state index >= 15 is 0 Å². The molecule has 1 heterocycles. The zero-order valence-corrected chi connectivity index (χ0v) is 10.0. The molecule has 2 aromatic rings. The van der Waals surface area contributed by atoms with Gasteiger partial charge in [0.15, 0.2) is 5.82 Å². The Balaban J connectivity index is 2.26. The first kappa shape index (κ1) is 10.2. The predicted octanol–water partition coefficient (Wildman–Crippen LogP) is 2.58. The molecule has 15 heavy (non-hydrogen) atoms. The molecule has 0 spiro atoms. The van der Waals surface area contributed by atoms with E-state index in [0.717, 1.165) is 11.0 Å². The highest BCUT2D eigenvalue weighted by Gasteiger charge is 2.03. The van der Waals surface area contributed by atoms with Gasteiger partial charge in [-0.2, -0.15) is 5.10 Å². The fraction of sp³-hybridized carbons (Fsp3) is 0.182. The smallest absolute Gasteiger partial charge is 0.159 e. The lowest BCUT2D eigenvalue weighted by atomic mass is 10.1. The molecule has 4 heteroatoms. The third-order valence-corrected chi connectivity index (χ3v) is 2.95. The molecule has 0 aliphatic heterocycles. The van der Waals surface area contributed by atoms with Crippen LogP contribution < -0.4 is 5.73 Å². The number of aromatic nitrogens is 2. The number of aryl methyl sites for hydroxylation is 1. The Labute approximate surface area is 97.0 Å². The van der Waals surface area contributed by atoms with E-state index in [-0.39, 0.29) is 0 Å². The highest BCUT2D eigenvalue weighted by Crippen LogP contribution is 2.17.